The quantitative estimate of drug-likeness (QED) is 0.201. The van der Waals surface area contributed by atoms with Crippen LogP contribution in [0.5, 0.6) is 5.75 Å². The molecule has 0 saturated carbocycles. The van der Waals surface area contributed by atoms with Crippen molar-refractivity contribution in [2.45, 2.75) is 13.0 Å². The predicted molar refractivity (Wildman–Crippen MR) is 180 cm³/mol. The number of nitrogens with zero attached hydrogens (tertiary/aromatic N) is 3. The summed E-state index contributed by atoms with van der Waals surface area (Å²) in [6.45, 7) is 1.94. The van der Waals surface area contributed by atoms with Crippen molar-refractivity contribution in [2.24, 2.45) is 4.99 Å². The first-order chi connectivity index (χ1) is 21.3. The summed E-state index contributed by atoms with van der Waals surface area (Å²) >= 11 is 4.95. The van der Waals surface area contributed by atoms with Crippen molar-refractivity contribution in [1.29, 1.82) is 0 Å². The molecule has 1 aromatic heterocycles. The molecule has 4 aromatic carbocycles. The second kappa shape index (κ2) is 12.3. The SMILES string of the molecule is CCOC(=O)C1=C(c2ccccc2)N=c2s/c(=C/c3ccc(N(C)C)c(Br)c3)c(=O)n2[C@@H]1c1c(OC)ccc2ccccc12. The average Bonchev–Trinajstić information content (AvgIpc) is 3.34. The lowest BCUT2D eigenvalue weighted by molar-refractivity contribution is -0.138. The number of fused-ring (bicyclic) bond motifs is 2. The Morgan fingerprint density at radius 2 is 1.80 bits per heavy atom. The maximum absolute atomic E-state index is 14.4. The highest BCUT2D eigenvalue weighted by Crippen LogP contribution is 2.42. The second-order valence-corrected chi connectivity index (χ2v) is 12.3. The Labute approximate surface area is 267 Å². The lowest BCUT2D eigenvalue weighted by Gasteiger charge is -2.28. The number of anilines is 1. The summed E-state index contributed by atoms with van der Waals surface area (Å²) in [4.78, 5) is 35.8. The molecule has 0 radical (unpaired) electrons. The summed E-state index contributed by atoms with van der Waals surface area (Å²) in [6.07, 6.45) is 1.86. The highest BCUT2D eigenvalue weighted by atomic mass is 79.9. The van der Waals surface area contributed by atoms with Crippen molar-refractivity contribution in [3.8, 4) is 5.75 Å². The molecular formula is C35H30BrN3O4S. The Bertz CT molecular complexity index is 2120. The number of aromatic nitrogens is 1. The van der Waals surface area contributed by atoms with E-state index in [0.717, 1.165) is 32.1 Å². The van der Waals surface area contributed by atoms with Crippen molar-refractivity contribution >= 4 is 61.5 Å². The van der Waals surface area contributed by atoms with Crippen molar-refractivity contribution in [1.82, 2.24) is 4.57 Å². The van der Waals surface area contributed by atoms with Crippen LogP contribution in [0.1, 0.15) is 29.7 Å². The fourth-order valence-electron chi connectivity index (χ4n) is 5.58. The van der Waals surface area contributed by atoms with Crippen LogP contribution in [0.3, 0.4) is 0 Å². The van der Waals surface area contributed by atoms with Gasteiger partial charge in [0.2, 0.25) is 0 Å². The van der Waals surface area contributed by atoms with E-state index in [1.54, 1.807) is 18.6 Å². The molecule has 0 amide bonds. The van der Waals surface area contributed by atoms with Crippen LogP contribution < -0.4 is 24.5 Å². The Balaban J connectivity index is 1.71. The highest BCUT2D eigenvalue weighted by Gasteiger charge is 2.37. The average molecular weight is 669 g/mol. The van der Waals surface area contributed by atoms with E-state index < -0.39 is 12.0 Å². The minimum absolute atomic E-state index is 0.173. The third-order valence-corrected chi connectivity index (χ3v) is 9.17. The van der Waals surface area contributed by atoms with Gasteiger partial charge in [0.1, 0.15) is 11.8 Å². The minimum Gasteiger partial charge on any atom is -0.496 e. The summed E-state index contributed by atoms with van der Waals surface area (Å²) in [7, 11) is 5.55. The normalized spacial score (nSPS) is 14.8. The van der Waals surface area contributed by atoms with Crippen LogP contribution in [-0.4, -0.2) is 38.3 Å². The van der Waals surface area contributed by atoms with Gasteiger partial charge in [-0.1, -0.05) is 78.1 Å². The molecule has 0 unspecified atom stereocenters. The van der Waals surface area contributed by atoms with Crippen LogP contribution in [0.2, 0.25) is 0 Å². The molecule has 9 heteroatoms. The third kappa shape index (κ3) is 5.27. The molecule has 222 valence electrons. The first-order valence-corrected chi connectivity index (χ1v) is 15.7. The number of esters is 1. The maximum Gasteiger partial charge on any atom is 0.338 e. The number of carbonyl (C=O) groups excluding carboxylic acids is 1. The molecule has 0 spiro atoms. The van der Waals surface area contributed by atoms with Crippen LogP contribution >= 0.6 is 27.3 Å². The van der Waals surface area contributed by atoms with Gasteiger partial charge in [-0.2, -0.15) is 0 Å². The standard InChI is InChI=1S/C35H30BrN3O4S/c1-5-43-34(41)30-31(23-12-7-6-8-13-23)37-35-39(32(30)29-24-14-10-9-11-22(24)16-18-27(29)42-4)33(40)28(44-35)20-21-15-17-26(38(2)3)25(36)19-21/h6-20,32H,5H2,1-4H3/b28-20+/t32-/m1/s1. The molecule has 1 aliphatic rings. The fourth-order valence-corrected chi connectivity index (χ4v) is 7.33. The van der Waals surface area contributed by atoms with E-state index in [4.69, 9.17) is 14.5 Å². The van der Waals surface area contributed by atoms with Gasteiger partial charge in [-0.05, 0) is 63.5 Å². The maximum atomic E-state index is 14.4. The molecule has 0 saturated heterocycles. The van der Waals surface area contributed by atoms with Crippen LogP contribution in [0.15, 0.2) is 105 Å². The van der Waals surface area contributed by atoms with Crippen LogP contribution in [-0.2, 0) is 9.53 Å². The van der Waals surface area contributed by atoms with E-state index in [-0.39, 0.29) is 17.7 Å². The molecule has 1 aliphatic heterocycles. The molecule has 5 aromatic rings. The van der Waals surface area contributed by atoms with Gasteiger partial charge in [0.05, 0.1) is 35.2 Å². The summed E-state index contributed by atoms with van der Waals surface area (Å²) < 4.78 is 14.6. The number of carbonyl (C=O) groups is 1. The number of hydrogen-bond donors (Lipinski definition) is 0. The number of hydrogen-bond acceptors (Lipinski definition) is 7. The van der Waals surface area contributed by atoms with E-state index >= 15 is 0 Å². The second-order valence-electron chi connectivity index (χ2n) is 10.4. The van der Waals surface area contributed by atoms with Gasteiger partial charge in [-0.15, -0.1) is 0 Å². The van der Waals surface area contributed by atoms with Crippen molar-refractivity contribution in [2.75, 3.05) is 32.7 Å². The van der Waals surface area contributed by atoms with Gasteiger partial charge in [0.15, 0.2) is 4.80 Å². The van der Waals surface area contributed by atoms with Gasteiger partial charge in [0.25, 0.3) is 5.56 Å². The fraction of sp³-hybridized carbons (Fsp3) is 0.171. The Kier molecular flexibility index (Phi) is 8.25. The monoisotopic (exact) mass is 667 g/mol. The zero-order valence-electron chi connectivity index (χ0n) is 24.7. The zero-order valence-corrected chi connectivity index (χ0v) is 27.1. The van der Waals surface area contributed by atoms with Gasteiger partial charge in [-0.25, -0.2) is 9.79 Å². The molecule has 1 atom stereocenters. The van der Waals surface area contributed by atoms with E-state index in [1.807, 2.05) is 110 Å². The number of benzene rings is 4. The molecule has 2 heterocycles. The number of thiazole rings is 1. The number of ether oxygens (including phenoxy) is 2. The molecule has 0 aliphatic carbocycles. The zero-order chi connectivity index (χ0) is 31.0. The molecule has 0 bridgehead atoms. The molecule has 0 fully saturated rings. The number of rotatable bonds is 7. The topological polar surface area (TPSA) is 73.1 Å². The van der Waals surface area contributed by atoms with Gasteiger partial charge in [0, 0.05) is 29.7 Å². The summed E-state index contributed by atoms with van der Waals surface area (Å²) in [6, 6.07) is 26.4. The van der Waals surface area contributed by atoms with Crippen molar-refractivity contribution in [3.63, 3.8) is 0 Å². The van der Waals surface area contributed by atoms with Gasteiger partial charge < -0.3 is 14.4 Å². The van der Waals surface area contributed by atoms with Gasteiger partial charge >= 0.3 is 5.97 Å². The van der Waals surface area contributed by atoms with E-state index in [0.29, 0.717) is 26.3 Å². The first kappa shape index (κ1) is 29.6. The summed E-state index contributed by atoms with van der Waals surface area (Å²) in [5.74, 6) is 0.0233. The number of methoxy groups -OCH3 is 1. The minimum atomic E-state index is -0.855. The number of halogens is 1. The Morgan fingerprint density at radius 1 is 1.05 bits per heavy atom. The lowest BCUT2D eigenvalue weighted by atomic mass is 9.89. The smallest absolute Gasteiger partial charge is 0.338 e. The molecule has 0 N–H and O–H groups in total. The van der Waals surface area contributed by atoms with E-state index in [1.165, 1.54) is 11.3 Å². The first-order valence-electron chi connectivity index (χ1n) is 14.1. The third-order valence-electron chi connectivity index (χ3n) is 7.55. The highest BCUT2D eigenvalue weighted by molar-refractivity contribution is 9.10. The predicted octanol–water partition coefficient (Wildman–Crippen LogP) is 5.93. The van der Waals surface area contributed by atoms with Crippen molar-refractivity contribution in [3.05, 3.63) is 131 Å². The Morgan fingerprint density at radius 3 is 2.50 bits per heavy atom. The van der Waals surface area contributed by atoms with Crippen LogP contribution in [0, 0.1) is 0 Å². The molecule has 6 rings (SSSR count). The largest absolute Gasteiger partial charge is 0.496 e. The molecule has 44 heavy (non-hydrogen) atoms. The summed E-state index contributed by atoms with van der Waals surface area (Å²) in [5.41, 5.74) is 3.83. The lowest BCUT2D eigenvalue weighted by Crippen LogP contribution is -2.40. The Hall–Kier alpha value is -4.47. The van der Waals surface area contributed by atoms with Crippen molar-refractivity contribution < 1.29 is 14.3 Å². The van der Waals surface area contributed by atoms with Crippen LogP contribution in [0.25, 0.3) is 22.5 Å². The van der Waals surface area contributed by atoms with Gasteiger partial charge in [-0.3, -0.25) is 9.36 Å². The van der Waals surface area contributed by atoms with E-state index in [2.05, 4.69) is 15.9 Å². The van der Waals surface area contributed by atoms with E-state index in [9.17, 15) is 9.59 Å². The van der Waals surface area contributed by atoms with Crippen LogP contribution in [0.4, 0.5) is 5.69 Å². The molecule has 7 nitrogen and oxygen atoms in total. The molecular weight excluding hydrogens is 638 g/mol. The summed E-state index contributed by atoms with van der Waals surface area (Å²) in [5, 5.41) is 1.82.